The van der Waals surface area contributed by atoms with Crippen LogP contribution in [0.5, 0.6) is 0 Å². The summed E-state index contributed by atoms with van der Waals surface area (Å²) in [6.07, 6.45) is 10.7. The van der Waals surface area contributed by atoms with Crippen molar-refractivity contribution >= 4 is 22.7 Å². The zero-order valence-electron chi connectivity index (χ0n) is 30.5. The Labute approximate surface area is 291 Å². The summed E-state index contributed by atoms with van der Waals surface area (Å²) in [5.41, 5.74) is 4.40. The third kappa shape index (κ3) is 6.42. The van der Waals surface area contributed by atoms with Crippen LogP contribution in [0, 0.1) is 42.3 Å². The molecule has 1 aliphatic carbocycles. The number of pyridine rings is 1. The lowest BCUT2D eigenvalue weighted by atomic mass is 9.71. The lowest BCUT2D eigenvalue weighted by molar-refractivity contribution is -0.128. The molecule has 1 aromatic carbocycles. The summed E-state index contributed by atoms with van der Waals surface area (Å²) in [4.78, 5) is 39.2. The van der Waals surface area contributed by atoms with E-state index in [1.807, 2.05) is 26.2 Å². The van der Waals surface area contributed by atoms with Crippen LogP contribution in [0.3, 0.4) is 0 Å². The van der Waals surface area contributed by atoms with Gasteiger partial charge in [-0.2, -0.15) is 0 Å². The molecule has 1 unspecified atom stereocenters. The molecule has 4 fully saturated rings. The molecule has 49 heavy (non-hydrogen) atoms. The lowest BCUT2D eigenvalue weighted by Gasteiger charge is -2.49. The Hall–Kier alpha value is -3.30. The fourth-order valence-electron chi connectivity index (χ4n) is 9.78. The monoisotopic (exact) mass is 670 g/mol. The molecule has 4 aliphatic rings. The highest BCUT2D eigenvalue weighted by Crippen LogP contribution is 2.44. The van der Waals surface area contributed by atoms with Gasteiger partial charge in [-0.25, -0.2) is 4.39 Å². The second kappa shape index (κ2) is 13.4. The van der Waals surface area contributed by atoms with E-state index in [1.54, 1.807) is 24.9 Å². The molecular weight excluding hydrogens is 615 g/mol. The number of carbonyl (C=O) groups excluding carboxylic acids is 2. The number of aromatic nitrogens is 2. The summed E-state index contributed by atoms with van der Waals surface area (Å²) in [6, 6.07) is 5.85. The molecule has 9 heteroatoms. The van der Waals surface area contributed by atoms with Crippen LogP contribution in [0.1, 0.15) is 75.4 Å². The van der Waals surface area contributed by atoms with E-state index >= 15 is 0 Å². The third-order valence-electron chi connectivity index (χ3n) is 12.6. The average Bonchev–Trinajstić information content (AvgIpc) is 3.81. The summed E-state index contributed by atoms with van der Waals surface area (Å²) >= 11 is 0. The quantitative estimate of drug-likeness (QED) is 0.278. The van der Waals surface area contributed by atoms with Crippen LogP contribution in [0.2, 0.25) is 0 Å². The van der Waals surface area contributed by atoms with Crippen LogP contribution >= 0.6 is 0 Å². The molecule has 3 aromatic rings. The first kappa shape index (κ1) is 34.2. The summed E-state index contributed by atoms with van der Waals surface area (Å²) in [7, 11) is 1.77. The average molecular weight is 671 g/mol. The first-order valence-electron chi connectivity index (χ1n) is 18.6. The maximum absolute atomic E-state index is 14.6. The molecule has 3 aliphatic heterocycles. The molecule has 0 N–H and O–H groups in total. The molecule has 0 bridgehead atoms. The first-order valence-corrected chi connectivity index (χ1v) is 18.6. The van der Waals surface area contributed by atoms with E-state index in [2.05, 4.69) is 51.2 Å². The zero-order valence-corrected chi connectivity index (χ0v) is 30.5. The second-order valence-electron chi connectivity index (χ2n) is 16.4. The van der Waals surface area contributed by atoms with E-state index in [1.165, 1.54) is 42.3 Å². The van der Waals surface area contributed by atoms with E-state index in [4.69, 9.17) is 0 Å². The largest absolute Gasteiger partial charge is 0.342 e. The molecule has 4 atom stereocenters. The van der Waals surface area contributed by atoms with Gasteiger partial charge in [0.25, 0.3) is 5.91 Å². The van der Waals surface area contributed by atoms with Crippen molar-refractivity contribution in [2.24, 2.45) is 29.6 Å². The Morgan fingerprint density at radius 2 is 1.73 bits per heavy atom. The maximum atomic E-state index is 14.6. The summed E-state index contributed by atoms with van der Waals surface area (Å²) in [5.74, 6) is 2.84. The van der Waals surface area contributed by atoms with Crippen molar-refractivity contribution in [3.05, 3.63) is 59.3 Å². The van der Waals surface area contributed by atoms with Crippen molar-refractivity contribution in [2.75, 3.05) is 46.3 Å². The van der Waals surface area contributed by atoms with Crippen LogP contribution in [0.25, 0.3) is 16.6 Å². The van der Waals surface area contributed by atoms with Crippen LogP contribution in [0.4, 0.5) is 4.39 Å². The summed E-state index contributed by atoms with van der Waals surface area (Å²) in [5, 5.41) is 1.19. The van der Waals surface area contributed by atoms with Gasteiger partial charge in [-0.3, -0.25) is 24.4 Å². The predicted molar refractivity (Wildman–Crippen MR) is 192 cm³/mol. The van der Waals surface area contributed by atoms with E-state index in [9.17, 15) is 14.0 Å². The van der Waals surface area contributed by atoms with Crippen molar-refractivity contribution in [2.45, 2.75) is 85.4 Å². The molecule has 0 spiro atoms. The number of nitrogens with zero attached hydrogens (tertiary/aromatic N) is 6. The maximum Gasteiger partial charge on any atom is 0.256 e. The highest BCUT2D eigenvalue weighted by atomic mass is 19.1. The number of hydrogen-bond acceptors (Lipinski definition) is 5. The fraction of sp³-hybridized carbons (Fsp3) is 0.625. The van der Waals surface area contributed by atoms with Crippen molar-refractivity contribution in [3.63, 3.8) is 0 Å². The lowest BCUT2D eigenvalue weighted by Crippen LogP contribution is -2.53. The highest BCUT2D eigenvalue weighted by molar-refractivity contribution is 5.99. The van der Waals surface area contributed by atoms with Gasteiger partial charge in [-0.05, 0) is 112 Å². The summed E-state index contributed by atoms with van der Waals surface area (Å²) < 4.78 is 16.6. The van der Waals surface area contributed by atoms with E-state index in [-0.39, 0.29) is 17.9 Å². The van der Waals surface area contributed by atoms with E-state index in [0.717, 1.165) is 62.7 Å². The second-order valence-corrected chi connectivity index (χ2v) is 16.4. The normalized spacial score (nSPS) is 26.6. The van der Waals surface area contributed by atoms with Gasteiger partial charge in [-0.1, -0.05) is 13.8 Å². The van der Waals surface area contributed by atoms with Gasteiger partial charge in [0.15, 0.2) is 0 Å². The molecule has 7 rings (SSSR count). The minimum absolute atomic E-state index is 0.00435. The number of aryl methyl sites for hydroxylation is 1. The van der Waals surface area contributed by atoms with Crippen molar-refractivity contribution in [1.82, 2.24) is 29.2 Å². The van der Waals surface area contributed by atoms with Gasteiger partial charge in [0, 0.05) is 82.6 Å². The van der Waals surface area contributed by atoms with Gasteiger partial charge in [0.2, 0.25) is 5.91 Å². The first-order chi connectivity index (χ1) is 23.4. The summed E-state index contributed by atoms with van der Waals surface area (Å²) in [6.45, 7) is 19.0. The van der Waals surface area contributed by atoms with E-state index < -0.39 is 5.82 Å². The molecular formula is C40H55FN6O2. The van der Waals surface area contributed by atoms with Gasteiger partial charge in [0.05, 0.1) is 23.0 Å². The zero-order chi connectivity index (χ0) is 34.7. The number of halogens is 1. The Balaban J connectivity index is 1.05. The van der Waals surface area contributed by atoms with Gasteiger partial charge >= 0.3 is 0 Å². The minimum atomic E-state index is -0.414. The molecule has 3 saturated heterocycles. The molecule has 2 amide bonds. The fourth-order valence-corrected chi connectivity index (χ4v) is 9.78. The Morgan fingerprint density at radius 3 is 2.39 bits per heavy atom. The smallest absolute Gasteiger partial charge is 0.256 e. The van der Waals surface area contributed by atoms with Crippen molar-refractivity contribution < 1.29 is 14.0 Å². The van der Waals surface area contributed by atoms with Gasteiger partial charge in [-0.15, -0.1) is 0 Å². The van der Waals surface area contributed by atoms with Crippen LogP contribution in [0.15, 0.2) is 36.8 Å². The number of likely N-dealkylation sites (tertiary alicyclic amines) is 3. The molecule has 8 nitrogen and oxygen atoms in total. The number of fused-ring (bicyclic) bond motifs is 2. The van der Waals surface area contributed by atoms with Crippen LogP contribution < -0.4 is 0 Å². The number of carbonyl (C=O) groups is 2. The standard InChI is InChI=1S/C40H55FN6O2/c1-24(2)39(29-13-34(14-29)46-21-31-19-45(27(6)48)20-32(31)22-46)44-11-10-28(18-44)12-30-23-47(37-17-42-16-26(5)38(30)37)36-9-8-33(41)15-35(36)40(49)43(7)25(3)4/h8-9,15-17,23-25,28-29,31-32,34,39H,10-14,18-22H2,1-7H3/t28-,29?,31+,32+,34?,39?/m0/s1. The van der Waals surface area contributed by atoms with Crippen molar-refractivity contribution in [3.8, 4) is 5.69 Å². The SMILES string of the molecule is CC(=O)N1C[C@@H]2CN(C3CC(C(C(C)C)N4CC[C@@H](Cc5cn(-c6ccc(F)cc6C(=O)N(C)C(C)C)c6cncc(C)c56)C4)C3)C[C@H]2C1. The number of amides is 2. The molecule has 2 aromatic heterocycles. The van der Waals surface area contributed by atoms with Crippen molar-refractivity contribution in [1.29, 1.82) is 0 Å². The number of hydrogen-bond donors (Lipinski definition) is 0. The molecule has 5 heterocycles. The highest BCUT2D eigenvalue weighted by Gasteiger charge is 2.48. The molecule has 1 saturated carbocycles. The Bertz CT molecular complexity index is 1700. The van der Waals surface area contributed by atoms with Gasteiger partial charge < -0.3 is 14.4 Å². The topological polar surface area (TPSA) is 64.9 Å². The van der Waals surface area contributed by atoms with Crippen LogP contribution in [-0.4, -0.2) is 105 Å². The van der Waals surface area contributed by atoms with Crippen LogP contribution in [-0.2, 0) is 11.2 Å². The van der Waals surface area contributed by atoms with Gasteiger partial charge in [0.1, 0.15) is 5.82 Å². The molecule has 0 radical (unpaired) electrons. The number of rotatable bonds is 9. The predicted octanol–water partition coefficient (Wildman–Crippen LogP) is 6.03. The minimum Gasteiger partial charge on any atom is -0.342 e. The number of benzene rings is 1. The molecule has 264 valence electrons. The third-order valence-corrected chi connectivity index (χ3v) is 12.6. The Morgan fingerprint density at radius 1 is 1.02 bits per heavy atom. The Kier molecular flexibility index (Phi) is 9.37. The van der Waals surface area contributed by atoms with E-state index in [0.29, 0.717) is 47.0 Å².